The Hall–Kier alpha value is -2.46. The van der Waals surface area contributed by atoms with Gasteiger partial charge < -0.3 is 9.64 Å². The second-order valence-corrected chi connectivity index (χ2v) is 6.01. The Morgan fingerprint density at radius 1 is 1.28 bits per heavy atom. The Morgan fingerprint density at radius 2 is 2.08 bits per heavy atom. The van der Waals surface area contributed by atoms with Crippen molar-refractivity contribution in [2.75, 3.05) is 18.0 Å². The predicted molar refractivity (Wildman–Crippen MR) is 86.7 cm³/mol. The van der Waals surface area contributed by atoms with Crippen LogP contribution in [0.1, 0.15) is 17.5 Å². The first-order valence-corrected chi connectivity index (χ1v) is 7.90. The van der Waals surface area contributed by atoms with Crippen molar-refractivity contribution in [2.24, 2.45) is 0 Å². The molecule has 1 aromatic carbocycles. The van der Waals surface area contributed by atoms with Gasteiger partial charge in [0.05, 0.1) is 28.4 Å². The monoisotopic (exact) mass is 367 g/mol. The second kappa shape index (κ2) is 6.81. The summed E-state index contributed by atoms with van der Waals surface area (Å²) in [4.78, 5) is 5.66. The normalized spacial score (nSPS) is 17.4. The molecule has 0 N–H and O–H groups in total. The minimum absolute atomic E-state index is 0.138. The van der Waals surface area contributed by atoms with Crippen LogP contribution >= 0.6 is 11.6 Å². The maximum atomic E-state index is 12.5. The molecule has 0 aliphatic carbocycles. The molecule has 1 aromatic heterocycles. The highest BCUT2D eigenvalue weighted by atomic mass is 35.5. The van der Waals surface area contributed by atoms with Crippen LogP contribution in [-0.4, -0.2) is 24.2 Å². The van der Waals surface area contributed by atoms with Crippen LogP contribution in [0.2, 0.25) is 5.02 Å². The molecular formula is C17H13ClF3N3O. The summed E-state index contributed by atoms with van der Waals surface area (Å²) in [6.07, 6.45) is -3.26. The third-order valence-corrected chi connectivity index (χ3v) is 4.22. The number of hydrogen-bond donors (Lipinski definition) is 0. The molecule has 1 fully saturated rings. The van der Waals surface area contributed by atoms with E-state index in [9.17, 15) is 18.4 Å². The van der Waals surface area contributed by atoms with Gasteiger partial charge in [-0.3, -0.25) is 0 Å². The van der Waals surface area contributed by atoms with Crippen LogP contribution in [0.15, 0.2) is 36.5 Å². The van der Waals surface area contributed by atoms with E-state index in [0.29, 0.717) is 35.8 Å². The number of rotatable bonds is 3. The molecule has 3 rings (SSSR count). The van der Waals surface area contributed by atoms with Gasteiger partial charge in [-0.25, -0.2) is 4.98 Å². The molecule has 1 unspecified atom stereocenters. The van der Waals surface area contributed by atoms with Gasteiger partial charge in [0.2, 0.25) is 5.88 Å². The summed E-state index contributed by atoms with van der Waals surface area (Å²) in [5.74, 6) is 0.138. The summed E-state index contributed by atoms with van der Waals surface area (Å²) >= 11 is 6.20. The van der Waals surface area contributed by atoms with Crippen LogP contribution in [0.4, 0.5) is 18.9 Å². The standard InChI is InChI=1S/C17H13ClF3N3O/c18-14-3-1-2-11(8-22)16(14)24-7-6-13(10-24)25-15-5-4-12(9-23-15)17(19,20)21/h1-5,9,13H,6-7,10H2. The summed E-state index contributed by atoms with van der Waals surface area (Å²) in [6, 6.07) is 9.37. The van der Waals surface area contributed by atoms with Gasteiger partial charge in [0.15, 0.2) is 0 Å². The van der Waals surface area contributed by atoms with E-state index < -0.39 is 11.7 Å². The van der Waals surface area contributed by atoms with Crippen molar-refractivity contribution < 1.29 is 17.9 Å². The van der Waals surface area contributed by atoms with E-state index in [0.717, 1.165) is 12.3 Å². The maximum Gasteiger partial charge on any atom is 0.417 e. The van der Waals surface area contributed by atoms with Crippen LogP contribution in [0.3, 0.4) is 0 Å². The number of ether oxygens (including phenoxy) is 1. The summed E-state index contributed by atoms with van der Waals surface area (Å²) in [7, 11) is 0. The lowest BCUT2D eigenvalue weighted by atomic mass is 10.2. The highest BCUT2D eigenvalue weighted by Crippen LogP contribution is 2.33. The van der Waals surface area contributed by atoms with E-state index in [1.807, 2.05) is 4.90 Å². The fraction of sp³-hybridized carbons (Fsp3) is 0.294. The highest BCUT2D eigenvalue weighted by Gasteiger charge is 2.31. The highest BCUT2D eigenvalue weighted by molar-refractivity contribution is 6.33. The average molecular weight is 368 g/mol. The quantitative estimate of drug-likeness (QED) is 0.812. The zero-order chi connectivity index (χ0) is 18.0. The van der Waals surface area contributed by atoms with Crippen LogP contribution < -0.4 is 9.64 Å². The molecule has 4 nitrogen and oxygen atoms in total. The van der Waals surface area contributed by atoms with Gasteiger partial charge in [-0.1, -0.05) is 17.7 Å². The lowest BCUT2D eigenvalue weighted by molar-refractivity contribution is -0.137. The largest absolute Gasteiger partial charge is 0.472 e. The number of hydrogen-bond acceptors (Lipinski definition) is 4. The number of para-hydroxylation sites is 1. The average Bonchev–Trinajstić information content (AvgIpc) is 3.02. The molecule has 25 heavy (non-hydrogen) atoms. The van der Waals surface area contributed by atoms with E-state index >= 15 is 0 Å². The number of benzene rings is 1. The Morgan fingerprint density at radius 3 is 2.72 bits per heavy atom. The van der Waals surface area contributed by atoms with E-state index in [-0.39, 0.29) is 12.0 Å². The Balaban J connectivity index is 1.69. The summed E-state index contributed by atoms with van der Waals surface area (Å²) in [5, 5.41) is 9.71. The zero-order valence-corrected chi connectivity index (χ0v) is 13.7. The third kappa shape index (κ3) is 3.80. The van der Waals surface area contributed by atoms with E-state index in [4.69, 9.17) is 16.3 Å². The topological polar surface area (TPSA) is 49.2 Å². The summed E-state index contributed by atoms with van der Waals surface area (Å²) in [6.45, 7) is 1.10. The van der Waals surface area contributed by atoms with Crippen molar-refractivity contribution in [1.82, 2.24) is 4.98 Å². The van der Waals surface area contributed by atoms with Crippen LogP contribution in [0.25, 0.3) is 0 Å². The van der Waals surface area contributed by atoms with Crippen molar-refractivity contribution >= 4 is 17.3 Å². The first kappa shape index (κ1) is 17.4. The molecule has 0 amide bonds. The second-order valence-electron chi connectivity index (χ2n) is 5.61. The lowest BCUT2D eigenvalue weighted by Gasteiger charge is -2.21. The molecule has 2 aromatic rings. The number of pyridine rings is 1. The zero-order valence-electron chi connectivity index (χ0n) is 12.9. The fourth-order valence-electron chi connectivity index (χ4n) is 2.74. The number of alkyl halides is 3. The minimum atomic E-state index is -4.42. The SMILES string of the molecule is N#Cc1cccc(Cl)c1N1CCC(Oc2ccc(C(F)(F)F)cn2)C1. The first-order chi connectivity index (χ1) is 11.9. The number of anilines is 1. The third-order valence-electron chi connectivity index (χ3n) is 3.92. The molecule has 0 radical (unpaired) electrons. The number of nitrogens with zero attached hydrogens (tertiary/aromatic N) is 3. The van der Waals surface area contributed by atoms with Crippen molar-refractivity contribution in [3.63, 3.8) is 0 Å². The van der Waals surface area contributed by atoms with Gasteiger partial charge in [-0.15, -0.1) is 0 Å². The van der Waals surface area contributed by atoms with E-state index in [1.165, 1.54) is 6.07 Å². The van der Waals surface area contributed by atoms with Gasteiger partial charge in [0, 0.05) is 25.2 Å². The Kier molecular flexibility index (Phi) is 4.73. The number of halogens is 4. The molecule has 1 aliphatic rings. The molecular weight excluding hydrogens is 355 g/mol. The van der Waals surface area contributed by atoms with Gasteiger partial charge in [-0.2, -0.15) is 18.4 Å². The first-order valence-electron chi connectivity index (χ1n) is 7.52. The van der Waals surface area contributed by atoms with Crippen LogP contribution in [0.5, 0.6) is 5.88 Å². The smallest absolute Gasteiger partial charge is 0.417 e. The van der Waals surface area contributed by atoms with Crippen LogP contribution in [-0.2, 0) is 6.18 Å². The summed E-state index contributed by atoms with van der Waals surface area (Å²) < 4.78 is 43.3. The van der Waals surface area contributed by atoms with Gasteiger partial charge >= 0.3 is 6.18 Å². The Labute approximate surface area is 147 Å². The van der Waals surface area contributed by atoms with Gasteiger partial charge in [0.25, 0.3) is 0 Å². The fourth-order valence-corrected chi connectivity index (χ4v) is 3.04. The van der Waals surface area contributed by atoms with Gasteiger partial charge in [-0.05, 0) is 18.2 Å². The molecule has 0 saturated carbocycles. The van der Waals surface area contributed by atoms with Crippen molar-refractivity contribution in [3.8, 4) is 11.9 Å². The minimum Gasteiger partial charge on any atom is -0.472 e. The molecule has 1 aliphatic heterocycles. The molecule has 8 heteroatoms. The predicted octanol–water partition coefficient (Wildman–Crippen LogP) is 4.28. The van der Waals surface area contributed by atoms with E-state index in [2.05, 4.69) is 11.1 Å². The number of aromatic nitrogens is 1. The molecule has 2 heterocycles. The number of nitriles is 1. The molecule has 130 valence electrons. The summed E-state index contributed by atoms with van der Waals surface area (Å²) in [5.41, 5.74) is 0.307. The molecule has 0 spiro atoms. The van der Waals surface area contributed by atoms with E-state index in [1.54, 1.807) is 18.2 Å². The lowest BCUT2D eigenvalue weighted by Crippen LogP contribution is -2.25. The van der Waals surface area contributed by atoms with Gasteiger partial charge in [0.1, 0.15) is 12.2 Å². The Bertz CT molecular complexity index is 802. The molecule has 0 bridgehead atoms. The maximum absolute atomic E-state index is 12.5. The molecule has 1 saturated heterocycles. The van der Waals surface area contributed by atoms with Crippen molar-refractivity contribution in [1.29, 1.82) is 5.26 Å². The van der Waals surface area contributed by atoms with Crippen molar-refractivity contribution in [3.05, 3.63) is 52.7 Å². The van der Waals surface area contributed by atoms with Crippen LogP contribution in [0, 0.1) is 11.3 Å². The van der Waals surface area contributed by atoms with Crippen molar-refractivity contribution in [2.45, 2.75) is 18.7 Å². The molecule has 1 atom stereocenters.